The van der Waals surface area contributed by atoms with Crippen molar-refractivity contribution in [3.05, 3.63) is 78.9 Å². The van der Waals surface area contributed by atoms with Crippen molar-refractivity contribution in [1.82, 2.24) is 0 Å². The van der Waals surface area contributed by atoms with Crippen molar-refractivity contribution in [2.45, 2.75) is 0 Å². The molecule has 0 saturated carbocycles. The van der Waals surface area contributed by atoms with Crippen molar-refractivity contribution >= 4 is 24.1 Å². The molecule has 0 spiro atoms. The fraction of sp³-hybridized carbons (Fsp3) is 0. The van der Waals surface area contributed by atoms with Gasteiger partial charge in [-0.25, -0.2) is 0 Å². The Morgan fingerprint density at radius 2 is 1.04 bits per heavy atom. The molecule has 3 heteroatoms. The number of benzene rings is 4. The van der Waals surface area contributed by atoms with Crippen LogP contribution in [-0.4, -0.2) is 18.8 Å². The first-order valence-electron chi connectivity index (χ1n) is 7.84. The molecule has 25 heavy (non-hydrogen) atoms. The van der Waals surface area contributed by atoms with Crippen LogP contribution in [0.25, 0.3) is 44.2 Å². The van der Waals surface area contributed by atoms with E-state index in [9.17, 15) is 0 Å². The standard InChI is InChI=1S/C22H13B.2H2O/c23-15-10-8-14(9-11-15)16-12-13-21-18-5-2-1-4-17(18)20-7-3-6-19(16)22(20)21;;/h1-13H;2*1H2/q+2;;/p-2. The third kappa shape index (κ3) is 2.37. The smallest absolute Gasteiger partial charge is 0.870 e. The van der Waals surface area contributed by atoms with E-state index in [0.29, 0.717) is 0 Å². The largest absolute Gasteiger partial charge is 0.870 e. The summed E-state index contributed by atoms with van der Waals surface area (Å²) < 4.78 is 0. The fourth-order valence-electron chi connectivity index (χ4n) is 3.72. The predicted octanol–water partition coefficient (Wildman–Crippen LogP) is 4.59. The SMILES string of the molecule is [B+2]c1ccc(-c2ccc3c4c(cccc24)-c2ccccc2-3)cc1.[OH-].[OH-]. The van der Waals surface area contributed by atoms with Crippen molar-refractivity contribution in [1.29, 1.82) is 0 Å². The minimum Gasteiger partial charge on any atom is -0.870 e. The van der Waals surface area contributed by atoms with Crippen molar-refractivity contribution in [2.24, 2.45) is 0 Å². The van der Waals surface area contributed by atoms with Crippen LogP contribution in [0.4, 0.5) is 0 Å². The molecule has 5 rings (SSSR count). The summed E-state index contributed by atoms with van der Waals surface area (Å²) in [6, 6.07) is 27.9. The Hall–Kier alpha value is -2.88. The van der Waals surface area contributed by atoms with Crippen molar-refractivity contribution in [3.63, 3.8) is 0 Å². The van der Waals surface area contributed by atoms with Crippen molar-refractivity contribution in [3.8, 4) is 33.4 Å². The van der Waals surface area contributed by atoms with E-state index in [1.165, 1.54) is 44.2 Å². The second-order valence-corrected chi connectivity index (χ2v) is 6.06. The molecule has 0 heterocycles. The van der Waals surface area contributed by atoms with Crippen LogP contribution < -0.4 is 5.46 Å². The third-order valence-corrected chi connectivity index (χ3v) is 4.77. The van der Waals surface area contributed by atoms with Crippen LogP contribution in [0.15, 0.2) is 78.9 Å². The van der Waals surface area contributed by atoms with Gasteiger partial charge in [0.2, 0.25) is 0 Å². The van der Waals surface area contributed by atoms with Crippen molar-refractivity contribution in [2.75, 3.05) is 0 Å². The molecule has 0 aliphatic heterocycles. The van der Waals surface area contributed by atoms with Gasteiger partial charge in [0.25, 0.3) is 0 Å². The first-order chi connectivity index (χ1) is 11.3. The summed E-state index contributed by atoms with van der Waals surface area (Å²) in [6.45, 7) is 0. The molecule has 0 radical (unpaired) electrons. The Bertz CT molecular complexity index is 1040. The molecule has 4 aromatic carbocycles. The molecule has 1 aliphatic carbocycles. The zero-order valence-electron chi connectivity index (χ0n) is 13.5. The number of hydrogen-bond acceptors (Lipinski definition) is 2. The Morgan fingerprint density at radius 1 is 0.480 bits per heavy atom. The molecule has 1 aliphatic rings. The summed E-state index contributed by atoms with van der Waals surface area (Å²) in [6.07, 6.45) is 0. The normalized spacial score (nSPS) is 10.8. The average Bonchev–Trinajstić information content (AvgIpc) is 2.93. The molecule has 0 amide bonds. The van der Waals surface area contributed by atoms with Gasteiger partial charge in [-0.15, -0.1) is 0 Å². The van der Waals surface area contributed by atoms with Crippen LogP contribution in [0.2, 0.25) is 0 Å². The van der Waals surface area contributed by atoms with E-state index in [1.54, 1.807) is 0 Å². The van der Waals surface area contributed by atoms with Crippen LogP contribution in [0.3, 0.4) is 0 Å². The molecule has 118 valence electrons. The molecule has 2 N–H and O–H groups in total. The summed E-state index contributed by atoms with van der Waals surface area (Å²) in [5.74, 6) is 0. The Morgan fingerprint density at radius 3 is 1.72 bits per heavy atom. The number of rotatable bonds is 1. The van der Waals surface area contributed by atoms with E-state index in [-0.39, 0.29) is 11.0 Å². The maximum absolute atomic E-state index is 5.83. The van der Waals surface area contributed by atoms with Gasteiger partial charge in [-0.05, 0) is 0 Å². The van der Waals surface area contributed by atoms with Gasteiger partial charge in [0.1, 0.15) is 0 Å². The van der Waals surface area contributed by atoms with Gasteiger partial charge in [-0.1, -0.05) is 0 Å². The van der Waals surface area contributed by atoms with E-state index in [0.717, 1.165) is 5.46 Å². The molecule has 2 nitrogen and oxygen atoms in total. The molecule has 0 atom stereocenters. The summed E-state index contributed by atoms with van der Waals surface area (Å²) >= 11 is 0. The van der Waals surface area contributed by atoms with Gasteiger partial charge in [-0.2, -0.15) is 0 Å². The molecular formula is C22H15BO2. The minimum atomic E-state index is 0. The molecule has 0 aromatic heterocycles. The van der Waals surface area contributed by atoms with E-state index in [1.807, 2.05) is 12.1 Å². The van der Waals surface area contributed by atoms with Crippen molar-refractivity contribution < 1.29 is 11.0 Å². The van der Waals surface area contributed by atoms with E-state index >= 15 is 0 Å². The summed E-state index contributed by atoms with van der Waals surface area (Å²) in [5.41, 5.74) is 8.62. The zero-order valence-corrected chi connectivity index (χ0v) is 13.5. The average molecular weight is 322 g/mol. The Kier molecular flexibility index (Phi) is 4.21. The quantitative estimate of drug-likeness (QED) is 0.424. The van der Waals surface area contributed by atoms with Crippen LogP contribution >= 0.6 is 0 Å². The van der Waals surface area contributed by atoms with Gasteiger partial charge >= 0.3 is 136 Å². The van der Waals surface area contributed by atoms with E-state index < -0.39 is 0 Å². The zero-order chi connectivity index (χ0) is 15.4. The van der Waals surface area contributed by atoms with E-state index in [2.05, 4.69) is 66.7 Å². The van der Waals surface area contributed by atoms with Gasteiger partial charge in [0.05, 0.1) is 0 Å². The maximum Gasteiger partial charge on any atom is -0.870 e. The third-order valence-electron chi connectivity index (χ3n) is 4.77. The summed E-state index contributed by atoms with van der Waals surface area (Å²) in [5, 5.41) is 2.67. The topological polar surface area (TPSA) is 60.0 Å². The monoisotopic (exact) mass is 322 g/mol. The van der Waals surface area contributed by atoms with Crippen LogP contribution in [0, 0.1) is 0 Å². The Labute approximate surface area is 147 Å². The van der Waals surface area contributed by atoms with Crippen LogP contribution in [0.1, 0.15) is 0 Å². The molecule has 0 saturated heterocycles. The first-order valence-corrected chi connectivity index (χ1v) is 7.84. The number of fused-ring (bicyclic) bond motifs is 3. The van der Waals surface area contributed by atoms with E-state index in [4.69, 9.17) is 7.85 Å². The minimum absolute atomic E-state index is 0. The second-order valence-electron chi connectivity index (χ2n) is 6.06. The predicted molar refractivity (Wildman–Crippen MR) is 103 cm³/mol. The number of hydrogen-bond donors (Lipinski definition) is 0. The summed E-state index contributed by atoms with van der Waals surface area (Å²) in [4.78, 5) is 0. The van der Waals surface area contributed by atoms with Gasteiger partial charge in [0.15, 0.2) is 0 Å². The first kappa shape index (κ1) is 17.0. The molecule has 4 aromatic rings. The molecular weight excluding hydrogens is 307 g/mol. The van der Waals surface area contributed by atoms with Gasteiger partial charge in [-0.3, -0.25) is 0 Å². The Balaban J connectivity index is 0.000000911. The van der Waals surface area contributed by atoms with Gasteiger partial charge in [0, 0.05) is 0 Å². The summed E-state index contributed by atoms with van der Waals surface area (Å²) in [7, 11) is 5.83. The molecule has 0 unspecified atom stereocenters. The second kappa shape index (κ2) is 6.21. The van der Waals surface area contributed by atoms with Crippen LogP contribution in [-0.2, 0) is 0 Å². The maximum atomic E-state index is 5.83. The van der Waals surface area contributed by atoms with Crippen LogP contribution in [0.5, 0.6) is 0 Å². The molecule has 0 bridgehead atoms. The van der Waals surface area contributed by atoms with Gasteiger partial charge < -0.3 is 11.0 Å². The fourth-order valence-corrected chi connectivity index (χ4v) is 3.72. The molecule has 0 fully saturated rings.